The van der Waals surface area contributed by atoms with Crippen LogP contribution in [-0.4, -0.2) is 20.5 Å². The molecule has 1 aromatic carbocycles. The Morgan fingerprint density at radius 3 is 2.00 bits per heavy atom. The van der Waals surface area contributed by atoms with E-state index in [2.05, 4.69) is 4.72 Å². The molecule has 0 radical (unpaired) electrons. The molecule has 1 rings (SSSR count). The summed E-state index contributed by atoms with van der Waals surface area (Å²) < 4.78 is 27.1. The third-order valence-corrected chi connectivity index (χ3v) is 4.91. The first-order chi connectivity index (χ1) is 8.72. The number of hydrogen-bond donors (Lipinski definition) is 2. The van der Waals surface area contributed by atoms with Crippen molar-refractivity contribution >= 4 is 10.0 Å². The first-order valence-electron chi connectivity index (χ1n) is 6.59. The molecule has 0 unspecified atom stereocenters. The van der Waals surface area contributed by atoms with Gasteiger partial charge >= 0.3 is 0 Å². The second-order valence-electron chi connectivity index (χ2n) is 5.22. The molecule has 0 aliphatic carbocycles. The van der Waals surface area contributed by atoms with Crippen molar-refractivity contribution in [1.82, 2.24) is 4.72 Å². The fourth-order valence-corrected chi connectivity index (χ4v) is 3.24. The maximum Gasteiger partial charge on any atom is 0.240 e. The first kappa shape index (κ1) is 16.1. The zero-order valence-electron chi connectivity index (χ0n) is 12.2. The minimum absolute atomic E-state index is 0.259. The highest BCUT2D eigenvalue weighted by atomic mass is 32.2. The molecule has 19 heavy (non-hydrogen) atoms. The van der Waals surface area contributed by atoms with Crippen LogP contribution in [0.3, 0.4) is 0 Å². The quantitative estimate of drug-likeness (QED) is 0.840. The lowest BCUT2D eigenvalue weighted by Crippen LogP contribution is -2.49. The van der Waals surface area contributed by atoms with Crippen LogP contribution < -0.4 is 10.5 Å². The van der Waals surface area contributed by atoms with E-state index >= 15 is 0 Å². The topological polar surface area (TPSA) is 72.2 Å². The molecule has 3 N–H and O–H groups in total. The lowest BCUT2D eigenvalue weighted by Gasteiger charge is -2.26. The molecule has 0 aliphatic heterocycles. The number of nitrogens with one attached hydrogen (secondary N) is 1. The van der Waals surface area contributed by atoms with Gasteiger partial charge in [0.05, 0.1) is 4.90 Å². The van der Waals surface area contributed by atoms with Gasteiger partial charge in [-0.25, -0.2) is 13.1 Å². The number of hydrogen-bond acceptors (Lipinski definition) is 3. The third-order valence-electron chi connectivity index (χ3n) is 3.53. The number of nitrogens with two attached hydrogens (primary N) is 1. The molecule has 0 bridgehead atoms. The Kier molecular flexibility index (Phi) is 5.12. The minimum Gasteiger partial charge on any atom is -0.324 e. The Morgan fingerprint density at radius 2 is 1.58 bits per heavy atom. The summed E-state index contributed by atoms with van der Waals surface area (Å²) >= 11 is 0. The highest BCUT2D eigenvalue weighted by Gasteiger charge is 2.24. The van der Waals surface area contributed by atoms with Gasteiger partial charge < -0.3 is 5.73 Å². The monoisotopic (exact) mass is 284 g/mol. The summed E-state index contributed by atoms with van der Waals surface area (Å²) in [6, 6.07) is 5.29. The van der Waals surface area contributed by atoms with E-state index in [9.17, 15) is 8.42 Å². The Hall–Kier alpha value is -0.910. The second kappa shape index (κ2) is 6.03. The lowest BCUT2D eigenvalue weighted by atomic mass is 9.95. The minimum atomic E-state index is -3.49. The van der Waals surface area contributed by atoms with Gasteiger partial charge in [0, 0.05) is 12.1 Å². The number of sulfonamides is 1. The third kappa shape index (κ3) is 4.30. The van der Waals surface area contributed by atoms with Crippen LogP contribution in [0, 0.1) is 13.8 Å². The molecule has 0 aliphatic rings. The summed E-state index contributed by atoms with van der Waals surface area (Å²) in [7, 11) is -3.49. The van der Waals surface area contributed by atoms with E-state index in [0.29, 0.717) is 4.90 Å². The highest BCUT2D eigenvalue weighted by molar-refractivity contribution is 7.89. The molecule has 0 amide bonds. The van der Waals surface area contributed by atoms with E-state index in [4.69, 9.17) is 5.73 Å². The van der Waals surface area contributed by atoms with Crippen molar-refractivity contribution in [3.8, 4) is 0 Å². The molecule has 0 atom stereocenters. The summed E-state index contributed by atoms with van der Waals surface area (Å²) in [5.74, 6) is 0. The van der Waals surface area contributed by atoms with Gasteiger partial charge in [-0.3, -0.25) is 0 Å². The van der Waals surface area contributed by atoms with Crippen LogP contribution >= 0.6 is 0 Å². The van der Waals surface area contributed by atoms with E-state index in [-0.39, 0.29) is 6.54 Å². The molecule has 4 nitrogen and oxygen atoms in total. The van der Waals surface area contributed by atoms with Gasteiger partial charge in [0.25, 0.3) is 0 Å². The van der Waals surface area contributed by atoms with Gasteiger partial charge in [0.1, 0.15) is 0 Å². The van der Waals surface area contributed by atoms with Crippen molar-refractivity contribution < 1.29 is 8.42 Å². The van der Waals surface area contributed by atoms with E-state index in [0.717, 1.165) is 24.0 Å². The molecule has 0 fully saturated rings. The largest absolute Gasteiger partial charge is 0.324 e. The molecule has 5 heteroatoms. The van der Waals surface area contributed by atoms with E-state index in [1.165, 1.54) is 0 Å². The lowest BCUT2D eigenvalue weighted by molar-refractivity contribution is 0.392. The Balaban J connectivity index is 2.93. The summed E-state index contributed by atoms with van der Waals surface area (Å²) in [6.07, 6.45) is 1.47. The maximum absolute atomic E-state index is 12.2. The van der Waals surface area contributed by atoms with Crippen LogP contribution in [-0.2, 0) is 10.0 Å². The standard InChI is InChI=1S/C14H24N2O2S/c1-5-14(15,6-2)10-16-19(17,18)13-8-11(3)7-12(4)9-13/h7-9,16H,5-6,10,15H2,1-4H3. The fourth-order valence-electron chi connectivity index (χ4n) is 1.91. The molecular formula is C14H24N2O2S. The Bertz CT molecular complexity index is 514. The molecule has 108 valence electrons. The van der Waals surface area contributed by atoms with Crippen molar-refractivity contribution in [2.45, 2.75) is 51.0 Å². The van der Waals surface area contributed by atoms with Crippen molar-refractivity contribution in [3.05, 3.63) is 29.3 Å². The molecule has 0 spiro atoms. The molecule has 0 saturated heterocycles. The van der Waals surface area contributed by atoms with E-state index < -0.39 is 15.6 Å². The van der Waals surface area contributed by atoms with Crippen LogP contribution in [0.2, 0.25) is 0 Å². The summed E-state index contributed by atoms with van der Waals surface area (Å²) in [5, 5.41) is 0. The van der Waals surface area contributed by atoms with Gasteiger partial charge in [-0.05, 0) is 49.9 Å². The van der Waals surface area contributed by atoms with Gasteiger partial charge in [-0.1, -0.05) is 19.9 Å². The summed E-state index contributed by atoms with van der Waals surface area (Å²) in [5.41, 5.74) is 7.51. The predicted molar refractivity (Wildman–Crippen MR) is 78.6 cm³/mol. The first-order valence-corrected chi connectivity index (χ1v) is 8.07. The molecule has 0 saturated carbocycles. The van der Waals surface area contributed by atoms with Crippen LogP contribution in [0.5, 0.6) is 0 Å². The smallest absolute Gasteiger partial charge is 0.240 e. The normalized spacial score (nSPS) is 12.7. The van der Waals surface area contributed by atoms with Gasteiger partial charge in [0.2, 0.25) is 10.0 Å². The fraction of sp³-hybridized carbons (Fsp3) is 0.571. The van der Waals surface area contributed by atoms with Crippen molar-refractivity contribution in [1.29, 1.82) is 0 Å². The molecule has 0 aromatic heterocycles. The van der Waals surface area contributed by atoms with Gasteiger partial charge in [-0.2, -0.15) is 0 Å². The average Bonchev–Trinajstić information content (AvgIpc) is 2.35. The SMILES string of the molecule is CCC(N)(CC)CNS(=O)(=O)c1cc(C)cc(C)c1. The predicted octanol–water partition coefficient (Wildman–Crippen LogP) is 2.10. The summed E-state index contributed by atoms with van der Waals surface area (Å²) in [4.78, 5) is 0.305. The van der Waals surface area contributed by atoms with Gasteiger partial charge in [0.15, 0.2) is 0 Å². The maximum atomic E-state index is 12.2. The molecule has 0 heterocycles. The van der Waals surface area contributed by atoms with Gasteiger partial charge in [-0.15, -0.1) is 0 Å². The number of rotatable bonds is 6. The van der Waals surface area contributed by atoms with Crippen LogP contribution in [0.1, 0.15) is 37.8 Å². The summed E-state index contributed by atoms with van der Waals surface area (Å²) in [6.45, 7) is 7.97. The van der Waals surface area contributed by atoms with E-state index in [1.54, 1.807) is 12.1 Å². The highest BCUT2D eigenvalue weighted by Crippen LogP contribution is 2.16. The average molecular weight is 284 g/mol. The number of benzene rings is 1. The molecular weight excluding hydrogens is 260 g/mol. The van der Waals surface area contributed by atoms with Crippen molar-refractivity contribution in [2.75, 3.05) is 6.54 Å². The van der Waals surface area contributed by atoms with E-state index in [1.807, 2.05) is 33.8 Å². The zero-order chi connectivity index (χ0) is 14.7. The Labute approximate surface area is 116 Å². The number of aryl methyl sites for hydroxylation is 2. The zero-order valence-corrected chi connectivity index (χ0v) is 13.0. The van der Waals surface area contributed by atoms with Crippen molar-refractivity contribution in [2.24, 2.45) is 5.73 Å². The van der Waals surface area contributed by atoms with Crippen molar-refractivity contribution in [3.63, 3.8) is 0 Å². The molecule has 1 aromatic rings. The van der Waals surface area contributed by atoms with Crippen LogP contribution in [0.25, 0.3) is 0 Å². The van der Waals surface area contributed by atoms with Crippen LogP contribution in [0.4, 0.5) is 0 Å². The second-order valence-corrected chi connectivity index (χ2v) is 6.98. The van der Waals surface area contributed by atoms with Crippen LogP contribution in [0.15, 0.2) is 23.1 Å². The Morgan fingerprint density at radius 1 is 1.11 bits per heavy atom.